The quantitative estimate of drug-likeness (QED) is 0.798. The molecule has 4 nitrogen and oxygen atoms in total. The molecule has 2 rings (SSSR count). The number of ketones is 1. The van der Waals surface area contributed by atoms with Gasteiger partial charge in [-0.05, 0) is 18.6 Å². The number of hydrogen-bond donors (Lipinski definition) is 0. The molecule has 1 heterocycles. The molecule has 18 heavy (non-hydrogen) atoms. The van der Waals surface area contributed by atoms with E-state index in [2.05, 4.69) is 9.97 Å². The molecule has 0 aliphatic carbocycles. The summed E-state index contributed by atoms with van der Waals surface area (Å²) in [6.07, 6.45) is 2.92. The second kappa shape index (κ2) is 5.14. The van der Waals surface area contributed by atoms with E-state index in [1.165, 1.54) is 19.5 Å². The van der Waals surface area contributed by atoms with Crippen molar-refractivity contribution in [1.82, 2.24) is 9.97 Å². The Balaban J connectivity index is 2.44. The number of carbonyl (C=O) groups excluding carboxylic acids is 1. The third-order valence-electron chi connectivity index (χ3n) is 2.51. The van der Waals surface area contributed by atoms with Crippen molar-refractivity contribution in [3.63, 3.8) is 0 Å². The van der Waals surface area contributed by atoms with E-state index in [1.54, 1.807) is 18.2 Å². The molecule has 0 atom stereocenters. The van der Waals surface area contributed by atoms with Gasteiger partial charge in [0.15, 0.2) is 5.69 Å². The Morgan fingerprint density at radius 1 is 1.28 bits per heavy atom. The zero-order chi connectivity index (χ0) is 13.1. The van der Waals surface area contributed by atoms with Crippen LogP contribution in [0.25, 0.3) is 0 Å². The van der Waals surface area contributed by atoms with Crippen LogP contribution in [0, 0.1) is 6.92 Å². The summed E-state index contributed by atoms with van der Waals surface area (Å²) in [6, 6.07) is 5.11. The van der Waals surface area contributed by atoms with Gasteiger partial charge in [0, 0.05) is 23.0 Å². The van der Waals surface area contributed by atoms with Gasteiger partial charge >= 0.3 is 0 Å². The van der Waals surface area contributed by atoms with Gasteiger partial charge in [-0.1, -0.05) is 23.7 Å². The van der Waals surface area contributed by atoms with Crippen LogP contribution in [0.5, 0.6) is 5.88 Å². The number of methoxy groups -OCH3 is 1. The minimum absolute atomic E-state index is 0.180. The fraction of sp³-hybridized carbons (Fsp3) is 0.154. The van der Waals surface area contributed by atoms with Crippen LogP contribution in [-0.4, -0.2) is 22.9 Å². The molecule has 0 spiro atoms. The summed E-state index contributed by atoms with van der Waals surface area (Å²) in [5.41, 5.74) is 1.56. The van der Waals surface area contributed by atoms with Gasteiger partial charge < -0.3 is 4.74 Å². The monoisotopic (exact) mass is 262 g/mol. The van der Waals surface area contributed by atoms with Crippen LogP contribution in [-0.2, 0) is 0 Å². The van der Waals surface area contributed by atoms with E-state index in [0.717, 1.165) is 5.56 Å². The first-order valence-electron chi connectivity index (χ1n) is 5.29. The van der Waals surface area contributed by atoms with Crippen molar-refractivity contribution in [2.75, 3.05) is 7.11 Å². The van der Waals surface area contributed by atoms with E-state index in [-0.39, 0.29) is 17.4 Å². The van der Waals surface area contributed by atoms with Gasteiger partial charge in [0.2, 0.25) is 11.7 Å². The molecule has 0 saturated heterocycles. The highest BCUT2D eigenvalue weighted by atomic mass is 35.5. The maximum absolute atomic E-state index is 12.2. The third kappa shape index (κ3) is 2.33. The second-order valence-corrected chi connectivity index (χ2v) is 4.11. The largest absolute Gasteiger partial charge is 0.479 e. The smallest absolute Gasteiger partial charge is 0.243 e. The number of rotatable bonds is 3. The Labute approximate surface area is 110 Å². The summed E-state index contributed by atoms with van der Waals surface area (Å²) < 4.78 is 5.01. The van der Waals surface area contributed by atoms with Crippen LogP contribution in [0.2, 0.25) is 5.02 Å². The van der Waals surface area contributed by atoms with Crippen LogP contribution < -0.4 is 4.74 Å². The minimum atomic E-state index is -0.262. The standard InChI is InChI=1S/C13H11ClN2O2/c1-8-3-4-9(7-10(8)14)12(17)11-13(18-2)16-6-5-15-11/h3-7H,1-2H3. The third-order valence-corrected chi connectivity index (χ3v) is 2.91. The fourth-order valence-electron chi connectivity index (χ4n) is 1.50. The maximum atomic E-state index is 12.2. The molecule has 0 bridgehead atoms. The molecule has 0 amide bonds. The topological polar surface area (TPSA) is 52.1 Å². The van der Waals surface area contributed by atoms with Crippen LogP contribution in [0.4, 0.5) is 0 Å². The predicted octanol–water partition coefficient (Wildman–Crippen LogP) is 2.68. The van der Waals surface area contributed by atoms with Crippen molar-refractivity contribution in [3.05, 3.63) is 52.4 Å². The second-order valence-electron chi connectivity index (χ2n) is 3.71. The highest BCUT2D eigenvalue weighted by Crippen LogP contribution is 2.21. The molecule has 1 aromatic carbocycles. The zero-order valence-electron chi connectivity index (χ0n) is 9.98. The Hall–Kier alpha value is -1.94. The molecule has 0 saturated carbocycles. The number of nitrogens with zero attached hydrogens (tertiary/aromatic N) is 2. The summed E-state index contributed by atoms with van der Waals surface area (Å²) in [7, 11) is 1.45. The van der Waals surface area contributed by atoms with Crippen LogP contribution in [0.1, 0.15) is 21.6 Å². The molecule has 92 valence electrons. The molecule has 2 aromatic rings. The number of benzene rings is 1. The average Bonchev–Trinajstić information content (AvgIpc) is 2.41. The van der Waals surface area contributed by atoms with Gasteiger partial charge in [0.05, 0.1) is 7.11 Å². The Morgan fingerprint density at radius 2 is 2.00 bits per heavy atom. The number of aryl methyl sites for hydroxylation is 1. The first kappa shape index (κ1) is 12.5. The minimum Gasteiger partial charge on any atom is -0.479 e. The van der Waals surface area contributed by atoms with Crippen molar-refractivity contribution >= 4 is 17.4 Å². The number of ether oxygens (including phenoxy) is 1. The lowest BCUT2D eigenvalue weighted by molar-refractivity contribution is 0.103. The fourth-order valence-corrected chi connectivity index (χ4v) is 1.68. The summed E-state index contributed by atoms with van der Waals surface area (Å²) in [5.74, 6) is -0.0546. The van der Waals surface area contributed by atoms with Crippen molar-refractivity contribution in [2.45, 2.75) is 6.92 Å². The predicted molar refractivity (Wildman–Crippen MR) is 68.2 cm³/mol. The van der Waals surface area contributed by atoms with Gasteiger partial charge in [-0.15, -0.1) is 0 Å². The lowest BCUT2D eigenvalue weighted by Gasteiger charge is -2.06. The van der Waals surface area contributed by atoms with E-state index in [4.69, 9.17) is 16.3 Å². The van der Waals surface area contributed by atoms with Crippen molar-refractivity contribution in [3.8, 4) is 5.88 Å². The van der Waals surface area contributed by atoms with Crippen molar-refractivity contribution < 1.29 is 9.53 Å². The molecule has 0 unspecified atom stereocenters. The summed E-state index contributed by atoms with van der Waals surface area (Å²) in [6.45, 7) is 1.87. The van der Waals surface area contributed by atoms with E-state index >= 15 is 0 Å². The van der Waals surface area contributed by atoms with Crippen molar-refractivity contribution in [2.24, 2.45) is 0 Å². The lowest BCUT2D eigenvalue weighted by Crippen LogP contribution is -2.07. The van der Waals surface area contributed by atoms with Gasteiger partial charge in [0.1, 0.15) is 0 Å². The van der Waals surface area contributed by atoms with Gasteiger partial charge in [-0.3, -0.25) is 4.79 Å². The number of hydrogen-bond acceptors (Lipinski definition) is 4. The molecule has 0 aliphatic heterocycles. The molecule has 0 N–H and O–H groups in total. The van der Waals surface area contributed by atoms with Crippen LogP contribution in [0.3, 0.4) is 0 Å². The number of halogens is 1. The molecule has 1 aromatic heterocycles. The maximum Gasteiger partial charge on any atom is 0.243 e. The molecule has 0 fully saturated rings. The molecular formula is C13H11ClN2O2. The summed E-state index contributed by atoms with van der Waals surface area (Å²) in [5, 5.41) is 0.545. The van der Waals surface area contributed by atoms with E-state index < -0.39 is 0 Å². The van der Waals surface area contributed by atoms with E-state index in [1.807, 2.05) is 6.92 Å². The lowest BCUT2D eigenvalue weighted by atomic mass is 10.1. The SMILES string of the molecule is COc1nccnc1C(=O)c1ccc(C)c(Cl)c1. The molecule has 0 radical (unpaired) electrons. The number of aromatic nitrogens is 2. The normalized spacial score (nSPS) is 10.2. The first-order valence-corrected chi connectivity index (χ1v) is 5.67. The Kier molecular flexibility index (Phi) is 3.58. The highest BCUT2D eigenvalue weighted by Gasteiger charge is 2.17. The molecule has 5 heteroatoms. The van der Waals surface area contributed by atoms with Gasteiger partial charge in [-0.2, -0.15) is 0 Å². The summed E-state index contributed by atoms with van der Waals surface area (Å²) >= 11 is 6.00. The van der Waals surface area contributed by atoms with E-state index in [0.29, 0.717) is 10.6 Å². The zero-order valence-corrected chi connectivity index (χ0v) is 10.7. The first-order chi connectivity index (χ1) is 8.63. The van der Waals surface area contributed by atoms with Gasteiger partial charge in [-0.25, -0.2) is 9.97 Å². The van der Waals surface area contributed by atoms with Gasteiger partial charge in [0.25, 0.3) is 0 Å². The van der Waals surface area contributed by atoms with Crippen LogP contribution >= 0.6 is 11.6 Å². The summed E-state index contributed by atoms with van der Waals surface area (Å²) in [4.78, 5) is 20.2. The highest BCUT2D eigenvalue weighted by molar-refractivity contribution is 6.31. The van der Waals surface area contributed by atoms with E-state index in [9.17, 15) is 4.79 Å². The Morgan fingerprint density at radius 3 is 2.67 bits per heavy atom. The average molecular weight is 263 g/mol. The number of carbonyl (C=O) groups is 1. The van der Waals surface area contributed by atoms with Crippen molar-refractivity contribution in [1.29, 1.82) is 0 Å². The Bertz CT molecular complexity index is 599. The molecule has 0 aliphatic rings. The molecular weight excluding hydrogens is 252 g/mol. The van der Waals surface area contributed by atoms with Crippen LogP contribution in [0.15, 0.2) is 30.6 Å².